The zero-order valence-electron chi connectivity index (χ0n) is 28.9. The van der Waals surface area contributed by atoms with Gasteiger partial charge in [0.25, 0.3) is 5.91 Å². The molecule has 47 heavy (non-hydrogen) atoms. The summed E-state index contributed by atoms with van der Waals surface area (Å²) in [6.07, 6.45) is 4.66. The maximum atomic E-state index is 13.9. The Morgan fingerprint density at radius 2 is 1.64 bits per heavy atom. The molecule has 1 saturated heterocycles. The number of fused-ring (bicyclic) bond motifs is 1. The van der Waals surface area contributed by atoms with Gasteiger partial charge in [-0.2, -0.15) is 0 Å². The number of rotatable bonds is 13. The van der Waals surface area contributed by atoms with Crippen LogP contribution in [0.5, 0.6) is 5.75 Å². The molecule has 1 fully saturated rings. The number of carbonyl (C=O) groups excluding carboxylic acids is 1. The lowest BCUT2D eigenvalue weighted by molar-refractivity contribution is -0.122. The first kappa shape index (κ1) is 35.4. The number of thioether (sulfide) groups is 2. The Hall–Kier alpha value is -2.87. The average Bonchev–Trinajstić information content (AvgIpc) is 3.56. The van der Waals surface area contributed by atoms with E-state index in [9.17, 15) is 4.79 Å². The van der Waals surface area contributed by atoms with Gasteiger partial charge in [0.15, 0.2) is 5.17 Å². The highest BCUT2D eigenvalue weighted by Gasteiger charge is 2.39. The smallest absolute Gasteiger partial charge is 0.269 e. The highest BCUT2D eigenvalue weighted by Crippen LogP contribution is 2.50. The number of carbonyl (C=O) groups is 1. The lowest BCUT2D eigenvalue weighted by atomic mass is 9.76. The number of hydrogen-bond donors (Lipinski definition) is 0. The third kappa shape index (κ3) is 8.06. The zero-order chi connectivity index (χ0) is 33.8. The summed E-state index contributed by atoms with van der Waals surface area (Å²) < 4.78 is 6.42. The largest absolute Gasteiger partial charge is 0.493 e. The van der Waals surface area contributed by atoms with E-state index in [1.807, 2.05) is 48.3 Å². The van der Waals surface area contributed by atoms with Gasteiger partial charge in [-0.05, 0) is 90.1 Å². The summed E-state index contributed by atoms with van der Waals surface area (Å²) in [7, 11) is 2.00. The molecule has 0 radical (unpaired) electrons. The topological polar surface area (TPSA) is 45.1 Å². The van der Waals surface area contributed by atoms with E-state index in [4.69, 9.17) is 21.3 Å². The molecule has 3 aromatic carbocycles. The molecular weight excluding hydrogens is 642 g/mol. The molecule has 2 heterocycles. The van der Waals surface area contributed by atoms with E-state index in [-0.39, 0.29) is 16.7 Å². The van der Waals surface area contributed by atoms with Crippen LogP contribution in [-0.4, -0.2) is 42.7 Å². The van der Waals surface area contributed by atoms with E-state index in [2.05, 4.69) is 76.8 Å². The maximum absolute atomic E-state index is 13.9. The zero-order valence-corrected chi connectivity index (χ0v) is 31.2. The quantitative estimate of drug-likeness (QED) is 0.132. The van der Waals surface area contributed by atoms with Crippen molar-refractivity contribution in [3.63, 3.8) is 0 Å². The van der Waals surface area contributed by atoms with Gasteiger partial charge in [-0.3, -0.25) is 14.7 Å². The number of ether oxygens (including phenoxy) is 1. The molecule has 3 aromatic rings. The first-order valence-corrected chi connectivity index (χ1v) is 18.8. The van der Waals surface area contributed by atoms with Gasteiger partial charge in [0.1, 0.15) is 10.7 Å². The van der Waals surface area contributed by atoms with E-state index in [0.717, 1.165) is 63.5 Å². The van der Waals surface area contributed by atoms with E-state index < -0.39 is 0 Å². The van der Waals surface area contributed by atoms with Crippen LogP contribution < -0.4 is 9.64 Å². The van der Waals surface area contributed by atoms with Crippen molar-refractivity contribution in [2.45, 2.75) is 89.4 Å². The standard InChI is InChI=1S/C39H48ClN3O2S2/c1-8-38(3,4)28-17-19-32(30(25-28)39(5,6)9-2)45-24-14-13-22-41-37-43(23-21-27-15-11-10-12-16-27)35(44)34(47-37)36-42(7)31-26-29(40)18-20-33(31)46-36/h10-12,15-20,25-26H,8-9,13-14,21-24H2,1-7H3/b36-34-,41-37?. The summed E-state index contributed by atoms with van der Waals surface area (Å²) in [5, 5.41) is 2.39. The molecule has 0 aromatic heterocycles. The Bertz CT molecular complexity index is 1650. The molecule has 0 bridgehead atoms. The summed E-state index contributed by atoms with van der Waals surface area (Å²) in [5.41, 5.74) is 5.04. The van der Waals surface area contributed by atoms with Gasteiger partial charge >= 0.3 is 0 Å². The second-order valence-corrected chi connectivity index (χ2v) is 16.1. The van der Waals surface area contributed by atoms with Gasteiger partial charge in [-0.15, -0.1) is 0 Å². The van der Waals surface area contributed by atoms with Gasteiger partial charge in [0.05, 0.1) is 17.3 Å². The number of anilines is 1. The third-order valence-corrected chi connectivity index (χ3v) is 12.3. The molecule has 0 atom stereocenters. The number of halogens is 1. The Labute approximate surface area is 295 Å². The minimum atomic E-state index is 0.0158. The van der Waals surface area contributed by atoms with Gasteiger partial charge in [0.2, 0.25) is 0 Å². The summed E-state index contributed by atoms with van der Waals surface area (Å²) in [6, 6.07) is 23.0. The van der Waals surface area contributed by atoms with Crippen molar-refractivity contribution in [1.29, 1.82) is 0 Å². The van der Waals surface area contributed by atoms with Crippen LogP contribution in [0.3, 0.4) is 0 Å². The second kappa shape index (κ2) is 15.1. The van der Waals surface area contributed by atoms with Crippen LogP contribution in [0.15, 0.2) is 86.6 Å². The van der Waals surface area contributed by atoms with Crippen molar-refractivity contribution in [3.8, 4) is 5.75 Å². The SMILES string of the molecule is CCC(C)(C)c1ccc(OCCCCN=C2S/C(=C3\Sc4ccc(Cl)cc4N3C)C(=O)N2CCc2ccccc2)c(C(C)(C)CC)c1. The second-order valence-electron chi connectivity index (χ2n) is 13.6. The molecule has 0 unspecified atom stereocenters. The number of unbranched alkanes of at least 4 members (excludes halogenated alkanes) is 1. The van der Waals surface area contributed by atoms with Crippen LogP contribution in [-0.2, 0) is 22.0 Å². The number of benzene rings is 3. The summed E-state index contributed by atoms with van der Waals surface area (Å²) in [6.45, 7) is 15.6. The fourth-order valence-electron chi connectivity index (χ4n) is 5.63. The molecule has 2 aliphatic heterocycles. The minimum Gasteiger partial charge on any atom is -0.493 e. The van der Waals surface area contributed by atoms with E-state index in [1.54, 1.807) is 11.8 Å². The molecular formula is C39H48ClN3O2S2. The molecule has 0 spiro atoms. The monoisotopic (exact) mass is 689 g/mol. The molecule has 0 aliphatic carbocycles. The first-order chi connectivity index (χ1) is 22.4. The molecule has 5 nitrogen and oxygen atoms in total. The fraction of sp³-hybridized carbons (Fsp3) is 0.436. The number of amides is 1. The van der Waals surface area contributed by atoms with Crippen LogP contribution in [0, 0.1) is 0 Å². The lowest BCUT2D eigenvalue weighted by Gasteiger charge is -2.30. The Kier molecular flexibility index (Phi) is 11.4. The van der Waals surface area contributed by atoms with Gasteiger partial charge < -0.3 is 9.64 Å². The van der Waals surface area contributed by atoms with Gasteiger partial charge in [-0.1, -0.05) is 107 Å². The molecule has 5 rings (SSSR count). The maximum Gasteiger partial charge on any atom is 0.269 e. The normalized spacial score (nSPS) is 17.6. The summed E-state index contributed by atoms with van der Waals surface area (Å²) >= 11 is 9.41. The minimum absolute atomic E-state index is 0.0158. The molecule has 8 heteroatoms. The van der Waals surface area contributed by atoms with Crippen molar-refractivity contribution < 1.29 is 9.53 Å². The van der Waals surface area contributed by atoms with Crippen molar-refractivity contribution in [3.05, 3.63) is 98.4 Å². The van der Waals surface area contributed by atoms with Crippen molar-refractivity contribution in [2.75, 3.05) is 31.6 Å². The van der Waals surface area contributed by atoms with Crippen LogP contribution in [0.4, 0.5) is 5.69 Å². The van der Waals surface area contributed by atoms with Crippen LogP contribution in [0.1, 0.15) is 83.9 Å². The Balaban J connectivity index is 1.27. The van der Waals surface area contributed by atoms with E-state index in [0.29, 0.717) is 24.7 Å². The van der Waals surface area contributed by atoms with Crippen molar-refractivity contribution >= 4 is 51.9 Å². The van der Waals surface area contributed by atoms with Crippen LogP contribution in [0.25, 0.3) is 0 Å². The van der Waals surface area contributed by atoms with E-state index in [1.165, 1.54) is 28.5 Å². The molecule has 0 saturated carbocycles. The Morgan fingerprint density at radius 1 is 0.894 bits per heavy atom. The Morgan fingerprint density at radius 3 is 2.36 bits per heavy atom. The van der Waals surface area contributed by atoms with Crippen molar-refractivity contribution in [1.82, 2.24) is 4.90 Å². The van der Waals surface area contributed by atoms with E-state index >= 15 is 0 Å². The molecule has 2 aliphatic rings. The van der Waals surface area contributed by atoms with Crippen molar-refractivity contribution in [2.24, 2.45) is 4.99 Å². The number of hydrogen-bond acceptors (Lipinski definition) is 6. The lowest BCUT2D eigenvalue weighted by Crippen LogP contribution is -2.32. The highest BCUT2D eigenvalue weighted by atomic mass is 35.5. The molecule has 250 valence electrons. The van der Waals surface area contributed by atoms with Gasteiger partial charge in [-0.25, -0.2) is 0 Å². The molecule has 1 amide bonds. The number of amidine groups is 1. The predicted molar refractivity (Wildman–Crippen MR) is 202 cm³/mol. The summed E-state index contributed by atoms with van der Waals surface area (Å²) in [4.78, 5) is 24.6. The number of nitrogens with zero attached hydrogens (tertiary/aromatic N) is 3. The summed E-state index contributed by atoms with van der Waals surface area (Å²) in [5.74, 6) is 1.00. The highest BCUT2D eigenvalue weighted by molar-refractivity contribution is 8.19. The third-order valence-electron chi connectivity index (χ3n) is 9.63. The first-order valence-electron chi connectivity index (χ1n) is 16.8. The molecule has 0 N–H and O–H groups in total. The van der Waals surface area contributed by atoms with Crippen LogP contribution >= 0.6 is 35.1 Å². The fourth-order valence-corrected chi connectivity index (χ4v) is 8.15. The predicted octanol–water partition coefficient (Wildman–Crippen LogP) is 10.5. The van der Waals surface area contributed by atoms with Gasteiger partial charge in [0, 0.05) is 35.6 Å². The average molecular weight is 690 g/mol. The number of aliphatic imine (C=N–C) groups is 1. The van der Waals surface area contributed by atoms with Crippen LogP contribution in [0.2, 0.25) is 5.02 Å².